The van der Waals surface area contributed by atoms with Gasteiger partial charge in [0.1, 0.15) is 11.8 Å². The molecule has 1 aliphatic rings. The predicted octanol–water partition coefficient (Wildman–Crippen LogP) is 2.42. The normalized spacial score (nSPS) is 16.6. The molecule has 0 saturated carbocycles. The van der Waals surface area contributed by atoms with Gasteiger partial charge in [-0.15, -0.1) is 12.4 Å². The van der Waals surface area contributed by atoms with Crippen LogP contribution in [0.5, 0.6) is 5.75 Å². The number of phenols is 1. The van der Waals surface area contributed by atoms with Crippen LogP contribution < -0.4 is 11.1 Å². The lowest BCUT2D eigenvalue weighted by molar-refractivity contribution is -0.139. The fraction of sp³-hybridized carbons (Fsp3) is 0.391. The quantitative estimate of drug-likeness (QED) is 0.559. The van der Waals surface area contributed by atoms with E-state index in [9.17, 15) is 14.7 Å². The Hall–Kier alpha value is -2.57. The third-order valence-corrected chi connectivity index (χ3v) is 5.33. The van der Waals surface area contributed by atoms with Crippen molar-refractivity contribution < 1.29 is 14.7 Å². The van der Waals surface area contributed by atoms with Crippen LogP contribution in [0.15, 0.2) is 54.6 Å². The van der Waals surface area contributed by atoms with Crippen molar-refractivity contribution >= 4 is 24.2 Å². The lowest BCUT2D eigenvalue weighted by Crippen LogP contribution is -2.51. The summed E-state index contributed by atoms with van der Waals surface area (Å²) in [5.74, 6) is -0.113. The minimum Gasteiger partial charge on any atom is -0.508 e. The molecule has 1 heterocycles. The van der Waals surface area contributed by atoms with E-state index in [2.05, 4.69) is 17.4 Å². The number of benzene rings is 2. The number of nitrogens with one attached hydrogen (secondary N) is 1. The van der Waals surface area contributed by atoms with Crippen molar-refractivity contribution in [2.75, 3.05) is 13.1 Å². The van der Waals surface area contributed by atoms with Gasteiger partial charge in [-0.25, -0.2) is 0 Å². The van der Waals surface area contributed by atoms with E-state index in [0.29, 0.717) is 25.9 Å². The highest BCUT2D eigenvalue weighted by Gasteiger charge is 2.35. The summed E-state index contributed by atoms with van der Waals surface area (Å²) in [5, 5.41) is 12.3. The number of aromatic hydroxyl groups is 1. The minimum absolute atomic E-state index is 0. The van der Waals surface area contributed by atoms with E-state index in [1.807, 2.05) is 18.2 Å². The molecule has 0 spiro atoms. The van der Waals surface area contributed by atoms with E-state index in [1.165, 1.54) is 5.56 Å². The molecule has 6 nitrogen and oxygen atoms in total. The lowest BCUT2D eigenvalue weighted by atomic mass is 10.0. The average molecular weight is 432 g/mol. The van der Waals surface area contributed by atoms with E-state index >= 15 is 0 Å². The predicted molar refractivity (Wildman–Crippen MR) is 120 cm³/mol. The molecule has 3 rings (SSSR count). The summed E-state index contributed by atoms with van der Waals surface area (Å²) in [7, 11) is 0. The van der Waals surface area contributed by atoms with Gasteiger partial charge in [-0.2, -0.15) is 0 Å². The summed E-state index contributed by atoms with van der Waals surface area (Å²) >= 11 is 0. The fourth-order valence-corrected chi connectivity index (χ4v) is 3.76. The van der Waals surface area contributed by atoms with Crippen molar-refractivity contribution in [3.05, 3.63) is 65.7 Å². The number of nitrogens with two attached hydrogens (primary N) is 1. The summed E-state index contributed by atoms with van der Waals surface area (Å²) in [5.41, 5.74) is 8.26. The van der Waals surface area contributed by atoms with Crippen molar-refractivity contribution in [2.45, 2.75) is 44.2 Å². The molecule has 0 bridgehead atoms. The van der Waals surface area contributed by atoms with Crippen LogP contribution in [0.1, 0.15) is 30.4 Å². The van der Waals surface area contributed by atoms with Crippen LogP contribution in [-0.4, -0.2) is 47.0 Å². The summed E-state index contributed by atoms with van der Waals surface area (Å²) in [6.07, 6.45) is 3.62. The molecule has 1 fully saturated rings. The van der Waals surface area contributed by atoms with E-state index in [4.69, 9.17) is 5.73 Å². The topological polar surface area (TPSA) is 95.7 Å². The molecule has 7 heteroatoms. The Kier molecular flexibility index (Phi) is 9.15. The zero-order chi connectivity index (χ0) is 20.6. The molecule has 4 N–H and O–H groups in total. The zero-order valence-electron chi connectivity index (χ0n) is 17.0. The van der Waals surface area contributed by atoms with Crippen molar-refractivity contribution in [1.29, 1.82) is 0 Å². The molecule has 2 aromatic carbocycles. The van der Waals surface area contributed by atoms with Crippen LogP contribution in [0.4, 0.5) is 0 Å². The van der Waals surface area contributed by atoms with Crippen molar-refractivity contribution in [2.24, 2.45) is 5.73 Å². The number of rotatable bonds is 8. The van der Waals surface area contributed by atoms with Crippen LogP contribution >= 0.6 is 12.4 Å². The second-order valence-corrected chi connectivity index (χ2v) is 7.55. The van der Waals surface area contributed by atoms with E-state index < -0.39 is 12.1 Å². The maximum absolute atomic E-state index is 12.8. The highest BCUT2D eigenvalue weighted by molar-refractivity contribution is 5.90. The fourth-order valence-electron chi connectivity index (χ4n) is 3.76. The van der Waals surface area contributed by atoms with Gasteiger partial charge < -0.3 is 21.1 Å². The van der Waals surface area contributed by atoms with Crippen LogP contribution in [-0.2, 0) is 22.4 Å². The average Bonchev–Trinajstić information content (AvgIpc) is 3.23. The first-order chi connectivity index (χ1) is 14.0. The number of aryl methyl sites for hydroxylation is 1. The lowest BCUT2D eigenvalue weighted by Gasteiger charge is -2.26. The molecule has 0 radical (unpaired) electrons. The number of hydrogen-bond acceptors (Lipinski definition) is 4. The third-order valence-electron chi connectivity index (χ3n) is 5.33. The number of nitrogens with zero attached hydrogens (tertiary/aromatic N) is 1. The zero-order valence-corrected chi connectivity index (χ0v) is 17.8. The van der Waals surface area contributed by atoms with Gasteiger partial charge in [-0.1, -0.05) is 42.5 Å². The van der Waals surface area contributed by atoms with E-state index in [1.54, 1.807) is 29.2 Å². The summed E-state index contributed by atoms with van der Waals surface area (Å²) < 4.78 is 0. The van der Waals surface area contributed by atoms with E-state index in [-0.39, 0.29) is 30.0 Å². The van der Waals surface area contributed by atoms with Gasteiger partial charge in [0.15, 0.2) is 0 Å². The van der Waals surface area contributed by atoms with Gasteiger partial charge in [0.25, 0.3) is 0 Å². The highest BCUT2D eigenvalue weighted by atomic mass is 35.5. The van der Waals surface area contributed by atoms with Crippen LogP contribution in [0, 0.1) is 0 Å². The van der Waals surface area contributed by atoms with E-state index in [0.717, 1.165) is 24.8 Å². The molecule has 1 saturated heterocycles. The summed E-state index contributed by atoms with van der Waals surface area (Å²) in [6, 6.07) is 15.7. The molecule has 0 unspecified atom stereocenters. The van der Waals surface area contributed by atoms with Gasteiger partial charge in [0.05, 0.1) is 6.04 Å². The molecule has 162 valence electrons. The number of hydrogen-bond donors (Lipinski definition) is 3. The summed E-state index contributed by atoms with van der Waals surface area (Å²) in [4.78, 5) is 27.1. The van der Waals surface area contributed by atoms with Gasteiger partial charge in [-0.05, 0) is 55.4 Å². The number of amides is 2. The Balaban J connectivity index is 0.00000320. The van der Waals surface area contributed by atoms with Crippen LogP contribution in [0.25, 0.3) is 0 Å². The third kappa shape index (κ3) is 6.47. The Morgan fingerprint density at radius 1 is 1.10 bits per heavy atom. The highest BCUT2D eigenvalue weighted by Crippen LogP contribution is 2.19. The first-order valence-electron chi connectivity index (χ1n) is 10.2. The van der Waals surface area contributed by atoms with Gasteiger partial charge in [0, 0.05) is 13.1 Å². The van der Waals surface area contributed by atoms with Crippen LogP contribution in [0.3, 0.4) is 0 Å². The van der Waals surface area contributed by atoms with Crippen molar-refractivity contribution in [3.8, 4) is 5.75 Å². The number of likely N-dealkylation sites (tertiary alicyclic amines) is 1. The summed E-state index contributed by atoms with van der Waals surface area (Å²) in [6.45, 7) is 1.15. The second kappa shape index (κ2) is 11.6. The van der Waals surface area contributed by atoms with Crippen molar-refractivity contribution in [1.82, 2.24) is 10.2 Å². The standard InChI is InChI=1S/C23H29N3O3.ClH/c24-20(16-18-10-12-19(27)13-11-18)23(29)26-15-5-9-21(26)22(28)25-14-4-8-17-6-2-1-3-7-17;/h1-3,6-7,10-13,20-21,27H,4-5,8-9,14-16,24H2,(H,25,28);1H/t20-,21-;/m0./s1. The molecule has 30 heavy (non-hydrogen) atoms. The number of carbonyl (C=O) groups excluding carboxylic acids is 2. The molecule has 1 aliphatic heterocycles. The van der Waals surface area contributed by atoms with Gasteiger partial charge >= 0.3 is 0 Å². The monoisotopic (exact) mass is 431 g/mol. The molecular weight excluding hydrogens is 402 g/mol. The number of phenolic OH excluding ortho intramolecular Hbond substituents is 1. The van der Waals surface area contributed by atoms with Crippen molar-refractivity contribution in [3.63, 3.8) is 0 Å². The number of halogens is 1. The second-order valence-electron chi connectivity index (χ2n) is 7.55. The number of carbonyl (C=O) groups is 2. The SMILES string of the molecule is Cl.N[C@@H](Cc1ccc(O)cc1)C(=O)N1CCC[C@H]1C(=O)NCCCc1ccccc1. The smallest absolute Gasteiger partial charge is 0.242 e. The Labute approximate surface area is 183 Å². The Morgan fingerprint density at radius 2 is 1.80 bits per heavy atom. The first kappa shape index (κ1) is 23.7. The van der Waals surface area contributed by atoms with Crippen LogP contribution in [0.2, 0.25) is 0 Å². The molecule has 2 amide bonds. The Bertz CT molecular complexity index is 814. The molecule has 2 aromatic rings. The largest absolute Gasteiger partial charge is 0.508 e. The molecular formula is C23H30ClN3O3. The molecule has 0 aliphatic carbocycles. The minimum atomic E-state index is -0.703. The maximum atomic E-state index is 12.8. The maximum Gasteiger partial charge on any atom is 0.242 e. The Morgan fingerprint density at radius 3 is 2.50 bits per heavy atom. The van der Waals surface area contributed by atoms with Gasteiger partial charge in [0.2, 0.25) is 11.8 Å². The molecule has 2 atom stereocenters. The molecule has 0 aromatic heterocycles. The first-order valence-corrected chi connectivity index (χ1v) is 10.2. The van der Waals surface area contributed by atoms with Gasteiger partial charge in [-0.3, -0.25) is 9.59 Å².